The number of hydrogen-bond acceptors (Lipinski definition) is 6. The fourth-order valence-corrected chi connectivity index (χ4v) is 4.39. The van der Waals surface area contributed by atoms with Crippen molar-refractivity contribution in [2.24, 2.45) is 0 Å². The van der Waals surface area contributed by atoms with E-state index in [1.54, 1.807) is 7.11 Å². The number of methoxy groups -OCH3 is 1. The quantitative estimate of drug-likeness (QED) is 0.468. The first kappa shape index (κ1) is 24.0. The van der Waals surface area contributed by atoms with Crippen molar-refractivity contribution in [1.29, 1.82) is 0 Å². The van der Waals surface area contributed by atoms with E-state index in [9.17, 15) is 4.79 Å². The van der Waals surface area contributed by atoms with Crippen molar-refractivity contribution in [1.82, 2.24) is 20.4 Å². The van der Waals surface area contributed by atoms with Crippen molar-refractivity contribution in [3.8, 4) is 17.1 Å². The summed E-state index contributed by atoms with van der Waals surface area (Å²) in [7, 11) is 1.63. The molecule has 7 heteroatoms. The molecule has 1 fully saturated rings. The zero-order valence-corrected chi connectivity index (χ0v) is 20.1. The van der Waals surface area contributed by atoms with Gasteiger partial charge in [-0.25, -0.2) is 0 Å². The number of aryl methyl sites for hydroxylation is 1. The second-order valence-electron chi connectivity index (χ2n) is 8.95. The first-order chi connectivity index (χ1) is 16.6. The first-order valence-corrected chi connectivity index (χ1v) is 12.2. The molecule has 0 aliphatic carbocycles. The van der Waals surface area contributed by atoms with Crippen molar-refractivity contribution in [3.63, 3.8) is 0 Å². The zero-order chi connectivity index (χ0) is 23.8. The van der Waals surface area contributed by atoms with E-state index in [1.807, 2.05) is 30.3 Å². The Morgan fingerprint density at radius 1 is 1.15 bits per heavy atom. The Morgan fingerprint density at radius 3 is 2.71 bits per heavy atom. The van der Waals surface area contributed by atoms with Gasteiger partial charge < -0.3 is 14.6 Å². The maximum atomic E-state index is 12.4. The van der Waals surface area contributed by atoms with Crippen molar-refractivity contribution in [2.75, 3.05) is 13.7 Å². The molecule has 2 aromatic carbocycles. The van der Waals surface area contributed by atoms with E-state index in [2.05, 4.69) is 45.5 Å². The van der Waals surface area contributed by atoms with E-state index in [1.165, 1.54) is 30.4 Å². The predicted molar refractivity (Wildman–Crippen MR) is 131 cm³/mol. The van der Waals surface area contributed by atoms with E-state index in [-0.39, 0.29) is 5.91 Å². The van der Waals surface area contributed by atoms with Crippen molar-refractivity contribution in [3.05, 3.63) is 65.5 Å². The Labute approximate surface area is 201 Å². The molecule has 1 saturated heterocycles. The maximum absolute atomic E-state index is 12.4. The molecule has 4 rings (SSSR count). The number of piperidine rings is 1. The van der Waals surface area contributed by atoms with E-state index >= 15 is 0 Å². The van der Waals surface area contributed by atoms with Gasteiger partial charge in [0.15, 0.2) is 0 Å². The largest absolute Gasteiger partial charge is 0.497 e. The van der Waals surface area contributed by atoms with Gasteiger partial charge in [0.05, 0.1) is 7.11 Å². The van der Waals surface area contributed by atoms with Gasteiger partial charge in [-0.05, 0) is 68.1 Å². The number of rotatable bonds is 10. The lowest BCUT2D eigenvalue weighted by atomic mass is 10.0. The zero-order valence-electron chi connectivity index (χ0n) is 20.1. The minimum Gasteiger partial charge on any atom is -0.497 e. The summed E-state index contributed by atoms with van der Waals surface area (Å²) in [6.45, 7) is 4.96. The number of likely N-dealkylation sites (tertiary alicyclic amines) is 1. The van der Waals surface area contributed by atoms with Crippen LogP contribution in [0.5, 0.6) is 5.75 Å². The van der Waals surface area contributed by atoms with Crippen LogP contribution in [0.4, 0.5) is 0 Å². The molecule has 1 aliphatic heterocycles. The summed E-state index contributed by atoms with van der Waals surface area (Å²) in [6.07, 6.45) is 5.50. The van der Waals surface area contributed by atoms with E-state index in [0.29, 0.717) is 43.6 Å². The molecular formula is C27H34N4O3. The lowest BCUT2D eigenvalue weighted by molar-refractivity contribution is -0.121. The Morgan fingerprint density at radius 2 is 1.94 bits per heavy atom. The molecule has 1 aromatic heterocycles. The van der Waals surface area contributed by atoms with E-state index < -0.39 is 0 Å². The van der Waals surface area contributed by atoms with Crippen LogP contribution < -0.4 is 10.1 Å². The van der Waals surface area contributed by atoms with Gasteiger partial charge in [0.1, 0.15) is 5.75 Å². The van der Waals surface area contributed by atoms with Crippen LogP contribution in [0.15, 0.2) is 53.1 Å². The van der Waals surface area contributed by atoms with Gasteiger partial charge in [-0.15, -0.1) is 0 Å². The standard InChI is InChI=1S/C27H34N4O3/c1-20-8-5-6-17-31(20)19-23-10-4-3-9-22(23)18-28-25(32)11-7-12-26-29-27(30-34-26)21-13-15-24(33-2)16-14-21/h3-4,9-10,13-16,20H,5-8,11-12,17-19H2,1-2H3,(H,28,32)/t20-/m1/s1. The monoisotopic (exact) mass is 462 g/mol. The molecule has 0 radical (unpaired) electrons. The molecule has 0 bridgehead atoms. The summed E-state index contributed by atoms with van der Waals surface area (Å²) in [4.78, 5) is 19.4. The molecule has 1 aliphatic rings. The number of ether oxygens (including phenoxy) is 1. The Bertz CT molecular complexity index is 1060. The van der Waals surface area contributed by atoms with Crippen LogP contribution in [-0.4, -0.2) is 40.6 Å². The molecule has 180 valence electrons. The summed E-state index contributed by atoms with van der Waals surface area (Å²) in [6, 6.07) is 16.5. The minimum atomic E-state index is 0.0380. The highest BCUT2D eigenvalue weighted by atomic mass is 16.5. The first-order valence-electron chi connectivity index (χ1n) is 12.2. The summed E-state index contributed by atoms with van der Waals surface area (Å²) < 4.78 is 10.5. The average molecular weight is 463 g/mol. The minimum absolute atomic E-state index is 0.0380. The maximum Gasteiger partial charge on any atom is 0.226 e. The highest BCUT2D eigenvalue weighted by Gasteiger charge is 2.19. The average Bonchev–Trinajstić information content (AvgIpc) is 3.34. The fourth-order valence-electron chi connectivity index (χ4n) is 4.39. The molecule has 0 saturated carbocycles. The van der Waals surface area contributed by atoms with E-state index in [4.69, 9.17) is 9.26 Å². The van der Waals surface area contributed by atoms with Crippen LogP contribution in [0.3, 0.4) is 0 Å². The van der Waals surface area contributed by atoms with Crippen molar-refractivity contribution in [2.45, 2.75) is 64.6 Å². The van der Waals surface area contributed by atoms with Crippen LogP contribution >= 0.6 is 0 Å². The molecule has 1 amide bonds. The number of nitrogens with zero attached hydrogens (tertiary/aromatic N) is 3. The van der Waals surface area contributed by atoms with Gasteiger partial charge >= 0.3 is 0 Å². The van der Waals surface area contributed by atoms with Gasteiger partial charge in [0.25, 0.3) is 0 Å². The number of amides is 1. The Kier molecular flexibility index (Phi) is 8.31. The second kappa shape index (κ2) is 11.8. The van der Waals surface area contributed by atoms with Crippen LogP contribution in [0.1, 0.15) is 56.0 Å². The Balaban J connectivity index is 1.23. The molecule has 1 atom stereocenters. The van der Waals surface area contributed by atoms with Gasteiger partial charge in [0, 0.05) is 37.5 Å². The third-order valence-electron chi connectivity index (χ3n) is 6.52. The lowest BCUT2D eigenvalue weighted by Crippen LogP contribution is -2.37. The number of nitrogens with one attached hydrogen (secondary N) is 1. The molecule has 0 spiro atoms. The lowest BCUT2D eigenvalue weighted by Gasteiger charge is -2.33. The van der Waals surface area contributed by atoms with Crippen LogP contribution in [0.2, 0.25) is 0 Å². The number of aromatic nitrogens is 2. The third-order valence-corrected chi connectivity index (χ3v) is 6.52. The Hall–Kier alpha value is -3.19. The molecule has 0 unspecified atom stereocenters. The van der Waals surface area contributed by atoms with Gasteiger partial charge in [-0.3, -0.25) is 9.69 Å². The summed E-state index contributed by atoms with van der Waals surface area (Å²) in [5.74, 6) is 1.90. The van der Waals surface area contributed by atoms with Crippen molar-refractivity contribution < 1.29 is 14.1 Å². The van der Waals surface area contributed by atoms with Gasteiger partial charge in [-0.2, -0.15) is 4.98 Å². The summed E-state index contributed by atoms with van der Waals surface area (Å²) in [5, 5.41) is 7.13. The topological polar surface area (TPSA) is 80.5 Å². The van der Waals surface area contributed by atoms with Gasteiger partial charge in [0.2, 0.25) is 17.6 Å². The van der Waals surface area contributed by atoms with Crippen LogP contribution in [-0.2, 0) is 24.3 Å². The van der Waals surface area contributed by atoms with Gasteiger partial charge in [-0.1, -0.05) is 35.8 Å². The molecular weight excluding hydrogens is 428 g/mol. The normalized spacial score (nSPS) is 16.4. The highest BCUT2D eigenvalue weighted by Crippen LogP contribution is 2.22. The summed E-state index contributed by atoms with van der Waals surface area (Å²) >= 11 is 0. The third kappa shape index (κ3) is 6.44. The summed E-state index contributed by atoms with van der Waals surface area (Å²) in [5.41, 5.74) is 3.36. The van der Waals surface area contributed by atoms with Crippen LogP contribution in [0, 0.1) is 0 Å². The number of carbonyl (C=O) groups is 1. The highest BCUT2D eigenvalue weighted by molar-refractivity contribution is 5.75. The molecule has 2 heterocycles. The number of benzene rings is 2. The SMILES string of the molecule is COc1ccc(-c2noc(CCCC(=O)NCc3ccccc3CN3CCCC[C@H]3C)n2)cc1. The molecule has 3 aromatic rings. The number of carbonyl (C=O) groups excluding carboxylic acids is 1. The second-order valence-corrected chi connectivity index (χ2v) is 8.95. The molecule has 7 nitrogen and oxygen atoms in total. The smallest absolute Gasteiger partial charge is 0.226 e. The van der Waals surface area contributed by atoms with Crippen LogP contribution in [0.25, 0.3) is 11.4 Å². The fraction of sp³-hybridized carbons (Fsp3) is 0.444. The molecule has 1 N–H and O–H groups in total. The molecule has 34 heavy (non-hydrogen) atoms. The predicted octanol–water partition coefficient (Wildman–Crippen LogP) is 4.76. The number of hydrogen-bond donors (Lipinski definition) is 1. The van der Waals surface area contributed by atoms with E-state index in [0.717, 1.165) is 24.4 Å². The van der Waals surface area contributed by atoms with Crippen molar-refractivity contribution >= 4 is 5.91 Å².